The van der Waals surface area contributed by atoms with Crippen LogP contribution in [0.1, 0.15) is 10.6 Å². The average molecular weight is 308 g/mol. The maximum Gasteiger partial charge on any atom is 0.290 e. The molecule has 1 saturated heterocycles. The predicted molar refractivity (Wildman–Crippen MR) is 80.0 cm³/mol. The third-order valence-electron chi connectivity index (χ3n) is 3.80. The van der Waals surface area contributed by atoms with E-state index in [1.807, 2.05) is 0 Å². The molecule has 0 atom stereocenters. The summed E-state index contributed by atoms with van der Waals surface area (Å²) >= 11 is 5.87. The smallest absolute Gasteiger partial charge is 0.290 e. The van der Waals surface area contributed by atoms with Crippen molar-refractivity contribution in [3.8, 4) is 0 Å². The molecule has 21 heavy (non-hydrogen) atoms. The van der Waals surface area contributed by atoms with Crippen LogP contribution < -0.4 is 10.3 Å². The van der Waals surface area contributed by atoms with Gasteiger partial charge in [0, 0.05) is 11.1 Å². The second-order valence-corrected chi connectivity index (χ2v) is 5.80. The molecule has 1 aromatic carbocycles. The number of hydrogen-bond acceptors (Lipinski definition) is 3. The number of hydrogen-bond donors (Lipinski definition) is 1. The number of benzene rings is 1. The Morgan fingerprint density at radius 2 is 2.00 bits per heavy atom. The van der Waals surface area contributed by atoms with Gasteiger partial charge in [-0.25, -0.2) is 0 Å². The second kappa shape index (κ2) is 5.50. The van der Waals surface area contributed by atoms with Crippen LogP contribution in [0.3, 0.4) is 0 Å². The van der Waals surface area contributed by atoms with E-state index in [2.05, 4.69) is 7.05 Å². The van der Waals surface area contributed by atoms with Crippen LogP contribution in [0.25, 0.3) is 11.0 Å². The highest BCUT2D eigenvalue weighted by atomic mass is 35.5. The molecule has 1 aliphatic rings. The normalized spacial score (nSPS) is 16.4. The van der Waals surface area contributed by atoms with E-state index in [0.717, 1.165) is 13.1 Å². The molecule has 6 heteroatoms. The first-order chi connectivity index (χ1) is 10.0. The lowest BCUT2D eigenvalue weighted by molar-refractivity contribution is -0.883. The van der Waals surface area contributed by atoms with Gasteiger partial charge in [0.05, 0.1) is 38.6 Å². The van der Waals surface area contributed by atoms with Gasteiger partial charge in [0.25, 0.3) is 5.91 Å². The molecule has 2 heterocycles. The molecule has 5 nitrogen and oxygen atoms in total. The summed E-state index contributed by atoms with van der Waals surface area (Å²) in [4.78, 5) is 27.7. The first-order valence-electron chi connectivity index (χ1n) is 6.88. The van der Waals surface area contributed by atoms with Crippen LogP contribution >= 0.6 is 11.6 Å². The zero-order valence-corrected chi connectivity index (χ0v) is 12.4. The average Bonchev–Trinajstić information content (AvgIpc) is 2.48. The van der Waals surface area contributed by atoms with Gasteiger partial charge in [0.2, 0.25) is 0 Å². The van der Waals surface area contributed by atoms with Gasteiger partial charge in [-0.15, -0.1) is 0 Å². The van der Waals surface area contributed by atoms with Crippen LogP contribution in [-0.2, 0) is 0 Å². The van der Waals surface area contributed by atoms with Crippen LogP contribution in [0.15, 0.2) is 33.5 Å². The summed E-state index contributed by atoms with van der Waals surface area (Å²) < 4.78 is 5.58. The Bertz CT molecular complexity index is 748. The minimum Gasteiger partial charge on any atom is -0.451 e. The maximum atomic E-state index is 12.4. The molecule has 1 aliphatic heterocycles. The number of carbonyl (C=O) groups excluding carboxylic acids is 1. The Morgan fingerprint density at radius 1 is 1.29 bits per heavy atom. The van der Waals surface area contributed by atoms with Crippen molar-refractivity contribution in [3.63, 3.8) is 0 Å². The van der Waals surface area contributed by atoms with Crippen molar-refractivity contribution < 1.29 is 14.1 Å². The Balaban J connectivity index is 1.95. The molecule has 0 spiro atoms. The van der Waals surface area contributed by atoms with Gasteiger partial charge in [-0.1, -0.05) is 11.6 Å². The lowest BCUT2D eigenvalue weighted by atomic mass is 10.2. The van der Waals surface area contributed by atoms with Gasteiger partial charge in [-0.2, -0.15) is 0 Å². The summed E-state index contributed by atoms with van der Waals surface area (Å²) in [6.07, 6.45) is 0. The number of likely N-dealkylation sites (N-methyl/N-ethyl adjacent to an activating group) is 1. The van der Waals surface area contributed by atoms with E-state index >= 15 is 0 Å². The highest BCUT2D eigenvalue weighted by molar-refractivity contribution is 6.31. The fourth-order valence-electron chi connectivity index (χ4n) is 2.48. The maximum absolute atomic E-state index is 12.4. The van der Waals surface area contributed by atoms with Gasteiger partial charge < -0.3 is 14.2 Å². The zero-order chi connectivity index (χ0) is 15.0. The fraction of sp³-hybridized carbons (Fsp3) is 0.333. The topological polar surface area (TPSA) is 55.0 Å². The summed E-state index contributed by atoms with van der Waals surface area (Å²) in [6.45, 7) is 3.15. The third-order valence-corrected chi connectivity index (χ3v) is 4.04. The van der Waals surface area contributed by atoms with Gasteiger partial charge in [-0.3, -0.25) is 9.59 Å². The SMILES string of the molecule is C[NH+]1CCN(C(=O)c2cc(=O)c3cc(Cl)ccc3o2)CC1. The first-order valence-corrected chi connectivity index (χ1v) is 7.26. The number of amides is 1. The molecule has 1 amide bonds. The van der Waals surface area contributed by atoms with Gasteiger partial charge >= 0.3 is 0 Å². The standard InChI is InChI=1S/C15H15ClN2O3/c1-17-4-6-18(7-5-17)15(20)14-9-12(19)11-8-10(16)2-3-13(11)21-14/h2-3,8-9H,4-7H2,1H3/p+1. The lowest BCUT2D eigenvalue weighted by Gasteiger charge is -2.29. The third kappa shape index (κ3) is 2.80. The van der Waals surface area contributed by atoms with E-state index in [0.29, 0.717) is 29.1 Å². The second-order valence-electron chi connectivity index (χ2n) is 5.36. The van der Waals surface area contributed by atoms with Crippen molar-refractivity contribution in [2.24, 2.45) is 0 Å². The highest BCUT2D eigenvalue weighted by Crippen LogP contribution is 2.18. The molecule has 2 aromatic rings. The van der Waals surface area contributed by atoms with Crippen LogP contribution in [0.4, 0.5) is 0 Å². The number of nitrogens with one attached hydrogen (secondary N) is 1. The summed E-state index contributed by atoms with van der Waals surface area (Å²) in [5, 5.41) is 0.859. The Kier molecular flexibility index (Phi) is 3.69. The van der Waals surface area contributed by atoms with E-state index < -0.39 is 0 Å². The number of halogens is 1. The number of nitrogens with zero attached hydrogens (tertiary/aromatic N) is 1. The molecular weight excluding hydrogens is 292 g/mol. The zero-order valence-electron chi connectivity index (χ0n) is 11.7. The van der Waals surface area contributed by atoms with Gasteiger partial charge in [0.15, 0.2) is 11.2 Å². The molecule has 0 saturated carbocycles. The number of rotatable bonds is 1. The summed E-state index contributed by atoms with van der Waals surface area (Å²) in [6, 6.07) is 6.06. The molecule has 0 bridgehead atoms. The molecule has 1 aromatic heterocycles. The summed E-state index contributed by atoms with van der Waals surface area (Å²) in [7, 11) is 2.10. The lowest BCUT2D eigenvalue weighted by Crippen LogP contribution is -3.12. The summed E-state index contributed by atoms with van der Waals surface area (Å²) in [5.41, 5.74) is 0.136. The van der Waals surface area contributed by atoms with Crippen molar-refractivity contribution in [1.82, 2.24) is 4.90 Å². The monoisotopic (exact) mass is 307 g/mol. The van der Waals surface area contributed by atoms with Crippen molar-refractivity contribution in [2.75, 3.05) is 33.2 Å². The van der Waals surface area contributed by atoms with Gasteiger partial charge in [0.1, 0.15) is 5.58 Å². The van der Waals surface area contributed by atoms with E-state index in [4.69, 9.17) is 16.0 Å². The van der Waals surface area contributed by atoms with Gasteiger partial charge in [-0.05, 0) is 18.2 Å². The number of piperazine rings is 1. The quantitative estimate of drug-likeness (QED) is 0.830. The van der Waals surface area contributed by atoms with Crippen LogP contribution in [0.2, 0.25) is 5.02 Å². The van der Waals surface area contributed by atoms with Crippen LogP contribution in [-0.4, -0.2) is 44.0 Å². The Labute approximate surface area is 126 Å². The van der Waals surface area contributed by atoms with E-state index in [-0.39, 0.29) is 17.1 Å². The molecule has 0 radical (unpaired) electrons. The molecule has 3 rings (SSSR count). The molecule has 1 fully saturated rings. The molecule has 1 N–H and O–H groups in total. The van der Waals surface area contributed by atoms with Crippen molar-refractivity contribution in [3.05, 3.63) is 45.3 Å². The van der Waals surface area contributed by atoms with Crippen molar-refractivity contribution in [2.45, 2.75) is 0 Å². The molecular formula is C15H16ClN2O3+. The number of fused-ring (bicyclic) bond motifs is 1. The minimum absolute atomic E-state index is 0.0920. The highest BCUT2D eigenvalue weighted by Gasteiger charge is 2.24. The summed E-state index contributed by atoms with van der Waals surface area (Å²) in [5.74, 6) is -0.133. The number of quaternary nitrogens is 1. The van der Waals surface area contributed by atoms with Crippen molar-refractivity contribution in [1.29, 1.82) is 0 Å². The first kappa shape index (κ1) is 14.1. The Morgan fingerprint density at radius 3 is 2.71 bits per heavy atom. The number of carbonyl (C=O) groups is 1. The predicted octanol–water partition coefficient (Wildman–Crippen LogP) is 0.417. The fourth-order valence-corrected chi connectivity index (χ4v) is 2.65. The van der Waals surface area contributed by atoms with Crippen molar-refractivity contribution >= 4 is 28.5 Å². The van der Waals surface area contributed by atoms with E-state index in [1.165, 1.54) is 11.0 Å². The molecule has 0 unspecified atom stereocenters. The van der Waals surface area contributed by atoms with Crippen LogP contribution in [0.5, 0.6) is 0 Å². The van der Waals surface area contributed by atoms with Crippen LogP contribution in [0, 0.1) is 0 Å². The van der Waals surface area contributed by atoms with E-state index in [1.54, 1.807) is 23.1 Å². The molecule has 0 aliphatic carbocycles. The Hall–Kier alpha value is -1.85. The largest absolute Gasteiger partial charge is 0.451 e. The molecule has 110 valence electrons. The minimum atomic E-state index is -0.248. The van der Waals surface area contributed by atoms with E-state index in [9.17, 15) is 9.59 Å².